The van der Waals surface area contributed by atoms with Crippen LogP contribution in [0.1, 0.15) is 50.9 Å². The predicted octanol–water partition coefficient (Wildman–Crippen LogP) is 4.06. The number of hydrogen-bond donors (Lipinski definition) is 0. The van der Waals surface area contributed by atoms with Crippen molar-refractivity contribution in [2.24, 2.45) is 0 Å². The second-order valence-corrected chi connectivity index (χ2v) is 8.29. The second-order valence-electron chi connectivity index (χ2n) is 8.29. The topological polar surface area (TPSA) is 76.2 Å². The van der Waals surface area contributed by atoms with Crippen molar-refractivity contribution >= 4 is 23.4 Å². The van der Waals surface area contributed by atoms with Crippen molar-refractivity contribution < 1.29 is 23.9 Å². The van der Waals surface area contributed by atoms with E-state index in [0.29, 0.717) is 35.8 Å². The van der Waals surface area contributed by atoms with Crippen LogP contribution in [0.3, 0.4) is 0 Å². The first-order chi connectivity index (χ1) is 15.2. The predicted molar refractivity (Wildman–Crippen MR) is 122 cm³/mol. The van der Waals surface area contributed by atoms with E-state index in [1.807, 2.05) is 27.7 Å². The molecule has 32 heavy (non-hydrogen) atoms. The molecule has 0 radical (unpaired) electrons. The number of rotatable bonds is 8. The number of methoxy groups -OCH3 is 1. The summed E-state index contributed by atoms with van der Waals surface area (Å²) in [5, 5.41) is 0. The summed E-state index contributed by atoms with van der Waals surface area (Å²) in [6.45, 7) is 8.17. The molecule has 1 aliphatic rings. The molecule has 1 saturated heterocycles. The lowest BCUT2D eigenvalue weighted by molar-refractivity contribution is -0.123. The van der Waals surface area contributed by atoms with Crippen molar-refractivity contribution in [3.05, 3.63) is 54.1 Å². The molecule has 0 N–H and O–H groups in total. The van der Waals surface area contributed by atoms with Crippen LogP contribution >= 0.6 is 0 Å². The van der Waals surface area contributed by atoms with Crippen LogP contribution in [0.5, 0.6) is 11.5 Å². The maximum atomic E-state index is 13.6. The van der Waals surface area contributed by atoms with Gasteiger partial charge in [-0.2, -0.15) is 0 Å². The summed E-state index contributed by atoms with van der Waals surface area (Å²) >= 11 is 0. The molecule has 0 bridgehead atoms. The van der Waals surface area contributed by atoms with Crippen LogP contribution in [0.15, 0.2) is 48.5 Å². The monoisotopic (exact) mass is 438 g/mol. The van der Waals surface area contributed by atoms with E-state index in [-0.39, 0.29) is 18.2 Å². The average Bonchev–Trinajstić information content (AvgIpc) is 3.08. The van der Waals surface area contributed by atoms with Gasteiger partial charge in [0, 0.05) is 11.1 Å². The zero-order valence-corrected chi connectivity index (χ0v) is 19.3. The zero-order chi connectivity index (χ0) is 23.5. The highest BCUT2D eigenvalue weighted by molar-refractivity contribution is 6.23. The Morgan fingerprint density at radius 2 is 1.78 bits per heavy atom. The molecule has 1 unspecified atom stereocenters. The van der Waals surface area contributed by atoms with Gasteiger partial charge in [0.25, 0.3) is 11.8 Å². The number of carbonyl (C=O) groups excluding carboxylic acids is 3. The van der Waals surface area contributed by atoms with E-state index in [0.717, 1.165) is 4.90 Å². The van der Waals surface area contributed by atoms with E-state index in [4.69, 9.17) is 9.47 Å². The molecule has 2 aromatic carbocycles. The van der Waals surface area contributed by atoms with E-state index in [9.17, 15) is 14.4 Å². The van der Waals surface area contributed by atoms with Gasteiger partial charge in [-0.05, 0) is 69.7 Å². The Morgan fingerprint density at radius 1 is 1.09 bits per heavy atom. The summed E-state index contributed by atoms with van der Waals surface area (Å²) in [6, 6.07) is 12.7. The largest absolute Gasteiger partial charge is 0.497 e. The SMILES string of the molecule is CCOc1ccc(N2C(=O)CC(N(C(=O)c3cccc(OC)c3)C(C)(C)CC)C2=O)cc1. The molecule has 0 aromatic heterocycles. The molecule has 0 saturated carbocycles. The lowest BCUT2D eigenvalue weighted by Gasteiger charge is -2.41. The molecule has 7 nitrogen and oxygen atoms in total. The van der Waals surface area contributed by atoms with Gasteiger partial charge < -0.3 is 14.4 Å². The fraction of sp³-hybridized carbons (Fsp3) is 0.400. The fourth-order valence-electron chi connectivity index (χ4n) is 3.85. The van der Waals surface area contributed by atoms with Crippen LogP contribution in [0.4, 0.5) is 5.69 Å². The van der Waals surface area contributed by atoms with Crippen molar-refractivity contribution in [3.8, 4) is 11.5 Å². The minimum Gasteiger partial charge on any atom is -0.497 e. The van der Waals surface area contributed by atoms with Gasteiger partial charge in [-0.1, -0.05) is 13.0 Å². The highest BCUT2D eigenvalue weighted by Crippen LogP contribution is 2.33. The normalized spacial score (nSPS) is 16.3. The summed E-state index contributed by atoms with van der Waals surface area (Å²) in [7, 11) is 1.53. The molecule has 3 amide bonds. The quantitative estimate of drug-likeness (QED) is 0.581. The molecule has 0 spiro atoms. The number of carbonyl (C=O) groups is 3. The molecule has 170 valence electrons. The zero-order valence-electron chi connectivity index (χ0n) is 19.3. The molecule has 7 heteroatoms. The van der Waals surface area contributed by atoms with Crippen molar-refractivity contribution in [1.29, 1.82) is 0 Å². The summed E-state index contributed by atoms with van der Waals surface area (Å²) in [5.41, 5.74) is 0.231. The van der Waals surface area contributed by atoms with Crippen LogP contribution in [-0.4, -0.2) is 47.9 Å². The first-order valence-electron chi connectivity index (χ1n) is 10.8. The molecule has 1 fully saturated rings. The Bertz CT molecular complexity index is 1000. The van der Waals surface area contributed by atoms with Crippen LogP contribution in [0, 0.1) is 0 Å². The van der Waals surface area contributed by atoms with Gasteiger partial charge in [0.1, 0.15) is 17.5 Å². The van der Waals surface area contributed by atoms with Crippen molar-refractivity contribution in [2.45, 2.75) is 52.1 Å². The standard InChI is InChI=1S/C25H30N2O5/c1-6-25(3,4)27(23(29)17-9-8-10-20(15-17)31-5)21-16-22(28)26(24(21)30)18-11-13-19(14-12-18)32-7-2/h8-15,21H,6-7,16H2,1-5H3. The third-order valence-electron chi connectivity index (χ3n) is 5.89. The van der Waals surface area contributed by atoms with Gasteiger partial charge in [0.15, 0.2) is 0 Å². The van der Waals surface area contributed by atoms with Crippen molar-refractivity contribution in [1.82, 2.24) is 4.90 Å². The maximum Gasteiger partial charge on any atom is 0.257 e. The Hall–Kier alpha value is -3.35. The average molecular weight is 439 g/mol. The van der Waals surface area contributed by atoms with Gasteiger partial charge >= 0.3 is 0 Å². The smallest absolute Gasteiger partial charge is 0.257 e. The third-order valence-corrected chi connectivity index (χ3v) is 5.89. The minimum atomic E-state index is -0.886. The summed E-state index contributed by atoms with van der Waals surface area (Å²) in [5.74, 6) is 0.163. The van der Waals surface area contributed by atoms with Gasteiger partial charge in [0.05, 0.1) is 25.8 Å². The summed E-state index contributed by atoms with van der Waals surface area (Å²) in [6.07, 6.45) is 0.551. The van der Waals surface area contributed by atoms with E-state index < -0.39 is 17.5 Å². The number of imide groups is 1. The van der Waals surface area contributed by atoms with Crippen LogP contribution in [0.25, 0.3) is 0 Å². The molecular formula is C25H30N2O5. The number of nitrogens with zero attached hydrogens (tertiary/aromatic N) is 2. The Kier molecular flexibility index (Phi) is 6.87. The molecular weight excluding hydrogens is 408 g/mol. The number of ether oxygens (including phenoxy) is 2. The number of benzene rings is 2. The van der Waals surface area contributed by atoms with Crippen molar-refractivity contribution in [2.75, 3.05) is 18.6 Å². The molecule has 1 heterocycles. The highest BCUT2D eigenvalue weighted by atomic mass is 16.5. The first kappa shape index (κ1) is 23.3. The van der Waals surface area contributed by atoms with Crippen LogP contribution in [-0.2, 0) is 9.59 Å². The van der Waals surface area contributed by atoms with Gasteiger partial charge in [-0.25, -0.2) is 4.90 Å². The Balaban J connectivity index is 1.96. The van der Waals surface area contributed by atoms with Gasteiger partial charge in [-0.3, -0.25) is 14.4 Å². The van der Waals surface area contributed by atoms with E-state index in [1.165, 1.54) is 7.11 Å². The summed E-state index contributed by atoms with van der Waals surface area (Å²) < 4.78 is 10.7. The molecule has 3 rings (SSSR count). The second kappa shape index (κ2) is 9.42. The van der Waals surface area contributed by atoms with Gasteiger partial charge in [0.2, 0.25) is 5.91 Å². The molecule has 0 aliphatic carbocycles. The summed E-state index contributed by atoms with van der Waals surface area (Å²) in [4.78, 5) is 42.7. The maximum absolute atomic E-state index is 13.6. The van der Waals surface area contributed by atoms with Crippen molar-refractivity contribution in [3.63, 3.8) is 0 Å². The Morgan fingerprint density at radius 3 is 2.38 bits per heavy atom. The Labute approximate surface area is 188 Å². The van der Waals surface area contributed by atoms with Gasteiger partial charge in [-0.15, -0.1) is 0 Å². The number of amides is 3. The lowest BCUT2D eigenvalue weighted by Crippen LogP contribution is -2.55. The molecule has 2 aromatic rings. The fourth-order valence-corrected chi connectivity index (χ4v) is 3.85. The van der Waals surface area contributed by atoms with E-state index >= 15 is 0 Å². The highest BCUT2D eigenvalue weighted by Gasteiger charge is 2.48. The minimum absolute atomic E-state index is 0.0643. The molecule has 1 aliphatic heterocycles. The van der Waals surface area contributed by atoms with Crippen LogP contribution < -0.4 is 14.4 Å². The van der Waals surface area contributed by atoms with E-state index in [2.05, 4.69) is 0 Å². The first-order valence-corrected chi connectivity index (χ1v) is 10.8. The third kappa shape index (κ3) is 4.47. The lowest BCUT2D eigenvalue weighted by atomic mass is 9.94. The number of anilines is 1. The molecule has 1 atom stereocenters. The number of hydrogen-bond acceptors (Lipinski definition) is 5. The van der Waals surface area contributed by atoms with E-state index in [1.54, 1.807) is 53.4 Å². The van der Waals surface area contributed by atoms with Crippen LogP contribution in [0.2, 0.25) is 0 Å².